The van der Waals surface area contributed by atoms with E-state index in [4.69, 9.17) is 37.4 Å². The molecule has 4 aromatic carbocycles. The molecule has 0 aromatic heterocycles. The number of hydrogen-bond donors (Lipinski definition) is 2. The Morgan fingerprint density at radius 3 is 2.53 bits per heavy atom. The third-order valence-corrected chi connectivity index (χ3v) is 9.08. The predicted molar refractivity (Wildman–Crippen MR) is 179 cm³/mol. The third-order valence-electron chi connectivity index (χ3n) is 7.16. The molecule has 2 aliphatic heterocycles. The van der Waals surface area contributed by atoms with Gasteiger partial charge in [0.2, 0.25) is 24.4 Å². The second-order valence-electron chi connectivity index (χ2n) is 10.3. The fraction of sp³-hybridized carbons (Fsp3) is 0.118. The second-order valence-corrected chi connectivity index (χ2v) is 12.4. The van der Waals surface area contributed by atoms with Crippen LogP contribution >= 0.6 is 35.0 Å². The summed E-state index contributed by atoms with van der Waals surface area (Å²) in [5.41, 5.74) is 1.58. The van der Waals surface area contributed by atoms with Crippen LogP contribution in [0.3, 0.4) is 0 Å². The fourth-order valence-electron chi connectivity index (χ4n) is 4.94. The number of halogens is 2. The van der Waals surface area contributed by atoms with Gasteiger partial charge in [0.05, 0.1) is 28.1 Å². The van der Waals surface area contributed by atoms with E-state index in [2.05, 4.69) is 10.6 Å². The number of nitrogens with zero attached hydrogens (tertiary/aromatic N) is 1. The smallest absolute Gasteiger partial charge is 0.272 e. The van der Waals surface area contributed by atoms with Gasteiger partial charge in [-0.2, -0.15) is 0 Å². The summed E-state index contributed by atoms with van der Waals surface area (Å²) in [6.07, 6.45) is 1.48. The van der Waals surface area contributed by atoms with E-state index >= 15 is 0 Å². The van der Waals surface area contributed by atoms with Gasteiger partial charge in [-0.1, -0.05) is 47.5 Å². The molecular weight excluding hydrogens is 665 g/mol. The van der Waals surface area contributed by atoms with Crippen LogP contribution in [-0.2, 0) is 14.4 Å². The number of methoxy groups -OCH3 is 1. The summed E-state index contributed by atoms with van der Waals surface area (Å²) in [5.74, 6) is -0.554. The van der Waals surface area contributed by atoms with E-state index in [0.717, 1.165) is 4.90 Å². The number of imide groups is 1. The highest BCUT2D eigenvalue weighted by Crippen LogP contribution is 2.42. The molecule has 2 N–H and O–H groups in total. The molecule has 238 valence electrons. The molecule has 47 heavy (non-hydrogen) atoms. The van der Waals surface area contributed by atoms with Crippen molar-refractivity contribution in [2.75, 3.05) is 24.1 Å². The molecule has 2 heterocycles. The fourth-order valence-corrected chi connectivity index (χ4v) is 6.35. The molecule has 4 aromatic rings. The van der Waals surface area contributed by atoms with Crippen LogP contribution in [0.15, 0.2) is 95.5 Å². The molecule has 1 unspecified atom stereocenters. The number of ether oxygens (including phenoxy) is 3. The summed E-state index contributed by atoms with van der Waals surface area (Å²) < 4.78 is 16.4. The van der Waals surface area contributed by atoms with Gasteiger partial charge in [0.25, 0.3) is 11.8 Å². The van der Waals surface area contributed by atoms with E-state index in [0.29, 0.717) is 49.7 Å². The van der Waals surface area contributed by atoms with E-state index in [1.165, 1.54) is 37.1 Å². The molecule has 4 amide bonds. The Kier molecular flexibility index (Phi) is 9.39. The van der Waals surface area contributed by atoms with E-state index in [1.54, 1.807) is 72.8 Å². The highest BCUT2D eigenvalue weighted by molar-refractivity contribution is 8.00. The molecule has 1 fully saturated rings. The standard InChI is InChI=1S/C34H25Cl2N3O7S/c1-44-27-13-19(14-28-31(27)46-18-45-28)12-26(38-32(41)20-6-3-2-4-7-20)33(42)37-21-8-5-9-23(15-21)47-29-17-30(40)39(34(29)43)22-10-11-24(35)25(36)16-22/h2-16,29H,17-18H2,1H3,(H,37,42)(H,38,41)/b26-12-. The number of nitrogens with one attached hydrogen (secondary N) is 2. The highest BCUT2D eigenvalue weighted by atomic mass is 35.5. The number of anilines is 2. The SMILES string of the molecule is COc1cc(/C=C(\NC(=O)c2ccccc2)C(=O)Nc2cccc(SC3CC(=O)N(c4ccc(Cl)c(Cl)c4)C3=O)c2)cc2c1OCO2. The number of fused-ring (bicyclic) bond motifs is 1. The molecular formula is C34H25Cl2N3O7S. The van der Waals surface area contributed by atoms with Gasteiger partial charge in [0.1, 0.15) is 5.70 Å². The quantitative estimate of drug-likeness (QED) is 0.150. The molecule has 0 saturated carbocycles. The Balaban J connectivity index is 1.22. The molecule has 0 spiro atoms. The average Bonchev–Trinajstić information content (AvgIpc) is 3.65. The predicted octanol–water partition coefficient (Wildman–Crippen LogP) is 6.56. The molecule has 2 aliphatic rings. The molecule has 6 rings (SSSR count). The van der Waals surface area contributed by atoms with Crippen molar-refractivity contribution in [2.45, 2.75) is 16.6 Å². The van der Waals surface area contributed by atoms with E-state index in [1.807, 2.05) is 0 Å². The van der Waals surface area contributed by atoms with Crippen LogP contribution in [0, 0.1) is 0 Å². The number of benzene rings is 4. The van der Waals surface area contributed by atoms with Gasteiger partial charge in [0, 0.05) is 22.6 Å². The van der Waals surface area contributed by atoms with Gasteiger partial charge in [-0.05, 0) is 72.3 Å². The van der Waals surface area contributed by atoms with Crippen molar-refractivity contribution in [1.29, 1.82) is 0 Å². The lowest BCUT2D eigenvalue weighted by molar-refractivity contribution is -0.121. The van der Waals surface area contributed by atoms with E-state index in [-0.39, 0.29) is 35.7 Å². The van der Waals surface area contributed by atoms with E-state index in [9.17, 15) is 19.2 Å². The molecule has 1 atom stereocenters. The Morgan fingerprint density at radius 1 is 0.957 bits per heavy atom. The van der Waals surface area contributed by atoms with Crippen LogP contribution in [-0.4, -0.2) is 42.8 Å². The summed E-state index contributed by atoms with van der Waals surface area (Å²) in [6, 6.07) is 23.2. The van der Waals surface area contributed by atoms with Gasteiger partial charge in [0.15, 0.2) is 11.5 Å². The molecule has 0 radical (unpaired) electrons. The maximum Gasteiger partial charge on any atom is 0.272 e. The van der Waals surface area contributed by atoms with Crippen molar-refractivity contribution in [2.24, 2.45) is 0 Å². The molecule has 10 nitrogen and oxygen atoms in total. The summed E-state index contributed by atoms with van der Waals surface area (Å²) in [6.45, 7) is 0.0272. The number of hydrogen-bond acceptors (Lipinski definition) is 8. The maximum absolute atomic E-state index is 13.7. The number of carbonyl (C=O) groups is 4. The summed E-state index contributed by atoms with van der Waals surface area (Å²) in [5, 5.41) is 5.38. The zero-order valence-electron chi connectivity index (χ0n) is 24.6. The Bertz CT molecular complexity index is 1940. The van der Waals surface area contributed by atoms with Crippen LogP contribution in [0.1, 0.15) is 22.3 Å². The van der Waals surface area contributed by atoms with Gasteiger partial charge in [-0.15, -0.1) is 11.8 Å². The average molecular weight is 691 g/mol. The van der Waals surface area contributed by atoms with Gasteiger partial charge in [-0.25, -0.2) is 4.90 Å². The van der Waals surface area contributed by atoms with Gasteiger partial charge >= 0.3 is 0 Å². The number of rotatable bonds is 9. The summed E-state index contributed by atoms with van der Waals surface area (Å²) in [4.78, 5) is 54.6. The normalized spacial score (nSPS) is 15.5. The van der Waals surface area contributed by atoms with Crippen LogP contribution in [0.2, 0.25) is 10.0 Å². The molecule has 0 bridgehead atoms. The minimum atomic E-state index is -0.690. The van der Waals surface area contributed by atoms with Crippen molar-refractivity contribution in [3.63, 3.8) is 0 Å². The summed E-state index contributed by atoms with van der Waals surface area (Å²) >= 11 is 13.3. The maximum atomic E-state index is 13.7. The van der Waals surface area contributed by atoms with Crippen molar-refractivity contribution in [3.05, 3.63) is 112 Å². The lowest BCUT2D eigenvalue weighted by Crippen LogP contribution is -2.31. The molecule has 0 aliphatic carbocycles. The monoisotopic (exact) mass is 689 g/mol. The largest absolute Gasteiger partial charge is 0.493 e. The third kappa shape index (κ3) is 7.07. The molecule has 1 saturated heterocycles. The first-order valence-corrected chi connectivity index (χ1v) is 15.8. The zero-order chi connectivity index (χ0) is 33.1. The Morgan fingerprint density at radius 2 is 1.77 bits per heavy atom. The van der Waals surface area contributed by atoms with Crippen LogP contribution in [0.5, 0.6) is 17.2 Å². The Hall–Kier alpha value is -4.97. The lowest BCUT2D eigenvalue weighted by atomic mass is 10.1. The number of carbonyl (C=O) groups excluding carboxylic acids is 4. The number of amides is 4. The van der Waals surface area contributed by atoms with E-state index < -0.39 is 17.1 Å². The minimum Gasteiger partial charge on any atom is -0.493 e. The van der Waals surface area contributed by atoms with Crippen molar-refractivity contribution < 1.29 is 33.4 Å². The minimum absolute atomic E-state index is 0.0161. The van der Waals surface area contributed by atoms with Gasteiger partial charge in [-0.3, -0.25) is 19.2 Å². The second kappa shape index (κ2) is 13.8. The van der Waals surface area contributed by atoms with Crippen molar-refractivity contribution in [1.82, 2.24) is 5.32 Å². The zero-order valence-corrected chi connectivity index (χ0v) is 26.9. The Labute approximate surface area is 283 Å². The number of thioether (sulfide) groups is 1. The first-order valence-electron chi connectivity index (χ1n) is 14.2. The van der Waals surface area contributed by atoms with Crippen LogP contribution in [0.4, 0.5) is 11.4 Å². The van der Waals surface area contributed by atoms with Crippen LogP contribution in [0.25, 0.3) is 6.08 Å². The summed E-state index contributed by atoms with van der Waals surface area (Å²) in [7, 11) is 1.49. The molecule has 13 heteroatoms. The first-order chi connectivity index (χ1) is 22.7. The first kappa shape index (κ1) is 32.0. The van der Waals surface area contributed by atoms with Crippen molar-refractivity contribution >= 4 is 76.0 Å². The van der Waals surface area contributed by atoms with Crippen LogP contribution < -0.4 is 29.7 Å². The van der Waals surface area contributed by atoms with Crippen molar-refractivity contribution in [3.8, 4) is 17.2 Å². The highest BCUT2D eigenvalue weighted by Gasteiger charge is 2.40. The topological polar surface area (TPSA) is 123 Å². The van der Waals surface area contributed by atoms with Gasteiger partial charge < -0.3 is 24.8 Å². The lowest BCUT2D eigenvalue weighted by Gasteiger charge is -2.16.